The number of nitrogens with zero attached hydrogens (tertiary/aromatic N) is 1. The van der Waals surface area contributed by atoms with Gasteiger partial charge in [-0.15, -0.1) is 0 Å². The lowest BCUT2D eigenvalue weighted by molar-refractivity contribution is -0.141. The van der Waals surface area contributed by atoms with Crippen LogP contribution in [0.25, 0.3) is 0 Å². The lowest BCUT2D eigenvalue weighted by atomic mass is 10.0. The van der Waals surface area contributed by atoms with E-state index >= 15 is 0 Å². The van der Waals surface area contributed by atoms with Crippen molar-refractivity contribution in [3.05, 3.63) is 29.3 Å². The van der Waals surface area contributed by atoms with Crippen molar-refractivity contribution >= 4 is 17.5 Å². The van der Waals surface area contributed by atoms with E-state index in [9.17, 15) is 4.79 Å². The first kappa shape index (κ1) is 17.1. The average Bonchev–Trinajstić information content (AvgIpc) is 2.55. The number of para-hydroxylation sites is 1. The Bertz CT molecular complexity index is 489. The molecule has 0 spiro atoms. The van der Waals surface area contributed by atoms with Crippen molar-refractivity contribution in [3.8, 4) is 5.75 Å². The minimum Gasteiger partial charge on any atom is -0.479 e. The van der Waals surface area contributed by atoms with Crippen molar-refractivity contribution < 1.29 is 9.53 Å². The first-order chi connectivity index (χ1) is 10.6. The lowest BCUT2D eigenvalue weighted by Gasteiger charge is -2.36. The smallest absolute Gasteiger partial charge is 0.263 e. The van der Waals surface area contributed by atoms with Gasteiger partial charge in [0.05, 0.1) is 5.02 Å². The number of ether oxygens (including phenoxy) is 1. The van der Waals surface area contributed by atoms with Crippen molar-refractivity contribution in [3.63, 3.8) is 0 Å². The van der Waals surface area contributed by atoms with E-state index in [1.54, 1.807) is 19.1 Å². The SMILES string of the molecule is CCCN(C(=O)C(C)Oc1ccccc1Cl)C1CCNCC1. The Labute approximate surface area is 137 Å². The number of nitrogens with one attached hydrogen (secondary N) is 1. The normalized spacial score (nSPS) is 17.0. The molecule has 0 radical (unpaired) electrons. The van der Waals surface area contributed by atoms with Crippen LogP contribution in [0.3, 0.4) is 0 Å². The fourth-order valence-corrected chi connectivity index (χ4v) is 3.03. The van der Waals surface area contributed by atoms with E-state index in [0.717, 1.165) is 38.9 Å². The largest absolute Gasteiger partial charge is 0.479 e. The summed E-state index contributed by atoms with van der Waals surface area (Å²) in [6, 6.07) is 7.58. The van der Waals surface area contributed by atoms with Crippen LogP contribution in [0.5, 0.6) is 5.75 Å². The molecule has 1 amide bonds. The molecule has 4 nitrogen and oxygen atoms in total. The van der Waals surface area contributed by atoms with E-state index in [-0.39, 0.29) is 5.91 Å². The molecule has 1 saturated heterocycles. The van der Waals surface area contributed by atoms with E-state index < -0.39 is 6.10 Å². The summed E-state index contributed by atoms with van der Waals surface area (Å²) in [5.74, 6) is 0.612. The Morgan fingerprint density at radius 2 is 2.09 bits per heavy atom. The van der Waals surface area contributed by atoms with Crippen molar-refractivity contribution in [1.82, 2.24) is 10.2 Å². The fourth-order valence-electron chi connectivity index (χ4n) is 2.85. The third kappa shape index (κ3) is 4.37. The number of benzene rings is 1. The summed E-state index contributed by atoms with van der Waals surface area (Å²) in [4.78, 5) is 14.8. The van der Waals surface area contributed by atoms with E-state index in [2.05, 4.69) is 12.2 Å². The molecule has 1 aliphatic heterocycles. The highest BCUT2D eigenvalue weighted by Gasteiger charge is 2.29. The van der Waals surface area contributed by atoms with Gasteiger partial charge in [-0.2, -0.15) is 0 Å². The third-order valence-corrected chi connectivity index (χ3v) is 4.30. The van der Waals surface area contributed by atoms with Gasteiger partial charge in [0.25, 0.3) is 5.91 Å². The number of amides is 1. The van der Waals surface area contributed by atoms with Crippen LogP contribution in [0.1, 0.15) is 33.1 Å². The molecule has 1 fully saturated rings. The molecule has 1 aromatic carbocycles. The third-order valence-electron chi connectivity index (χ3n) is 3.99. The van der Waals surface area contributed by atoms with Crippen molar-refractivity contribution in [2.45, 2.75) is 45.3 Å². The van der Waals surface area contributed by atoms with Crippen LogP contribution in [-0.4, -0.2) is 42.6 Å². The van der Waals surface area contributed by atoms with Crippen LogP contribution in [0, 0.1) is 0 Å². The van der Waals surface area contributed by atoms with Crippen LogP contribution >= 0.6 is 11.6 Å². The average molecular weight is 325 g/mol. The van der Waals surface area contributed by atoms with Gasteiger partial charge >= 0.3 is 0 Å². The summed E-state index contributed by atoms with van der Waals surface area (Å²) in [6.07, 6.45) is 2.44. The number of hydrogen-bond donors (Lipinski definition) is 1. The van der Waals surface area contributed by atoms with Crippen LogP contribution < -0.4 is 10.1 Å². The standard InChI is InChI=1S/C17H25ClN2O2/c1-3-12-20(14-8-10-19-11-9-14)17(21)13(2)22-16-7-5-4-6-15(16)18/h4-7,13-14,19H,3,8-12H2,1-2H3. The Morgan fingerprint density at radius 1 is 1.41 bits per heavy atom. The van der Waals surface area contributed by atoms with Crippen molar-refractivity contribution in [1.29, 1.82) is 0 Å². The van der Waals surface area contributed by atoms with E-state index in [4.69, 9.17) is 16.3 Å². The Balaban J connectivity index is 2.03. The number of piperidine rings is 1. The molecule has 1 heterocycles. The zero-order valence-electron chi connectivity index (χ0n) is 13.3. The summed E-state index contributed by atoms with van der Waals surface area (Å²) in [6.45, 7) is 6.62. The zero-order chi connectivity index (χ0) is 15.9. The zero-order valence-corrected chi connectivity index (χ0v) is 14.1. The van der Waals surface area contributed by atoms with Gasteiger partial charge in [0, 0.05) is 12.6 Å². The van der Waals surface area contributed by atoms with Crippen LogP contribution in [0.15, 0.2) is 24.3 Å². The van der Waals surface area contributed by atoms with E-state index in [1.807, 2.05) is 17.0 Å². The number of carbonyl (C=O) groups excluding carboxylic acids is 1. The lowest BCUT2D eigenvalue weighted by Crippen LogP contribution is -2.50. The monoisotopic (exact) mass is 324 g/mol. The molecule has 122 valence electrons. The van der Waals surface area contributed by atoms with Gasteiger partial charge in [-0.25, -0.2) is 0 Å². The molecule has 2 rings (SSSR count). The maximum absolute atomic E-state index is 12.8. The second-order valence-corrected chi connectivity index (χ2v) is 6.11. The van der Waals surface area contributed by atoms with E-state index in [1.165, 1.54) is 0 Å². The summed E-state index contributed by atoms with van der Waals surface area (Å²) in [5.41, 5.74) is 0. The Kier molecular flexibility index (Phi) is 6.52. The molecule has 1 unspecified atom stereocenters. The first-order valence-electron chi connectivity index (χ1n) is 8.06. The molecule has 0 saturated carbocycles. The van der Waals surface area contributed by atoms with Gasteiger partial charge in [0.2, 0.25) is 0 Å². The van der Waals surface area contributed by atoms with Gasteiger partial charge in [-0.05, 0) is 51.4 Å². The number of rotatable bonds is 6. The highest BCUT2D eigenvalue weighted by Crippen LogP contribution is 2.25. The molecular weight excluding hydrogens is 300 g/mol. The maximum Gasteiger partial charge on any atom is 0.263 e. The van der Waals surface area contributed by atoms with Gasteiger partial charge in [-0.3, -0.25) is 4.79 Å². The van der Waals surface area contributed by atoms with Gasteiger partial charge < -0.3 is 15.0 Å². The first-order valence-corrected chi connectivity index (χ1v) is 8.43. The number of hydrogen-bond acceptors (Lipinski definition) is 3. The Morgan fingerprint density at radius 3 is 2.73 bits per heavy atom. The fraction of sp³-hybridized carbons (Fsp3) is 0.588. The summed E-state index contributed by atoms with van der Waals surface area (Å²) in [7, 11) is 0. The quantitative estimate of drug-likeness (QED) is 0.874. The topological polar surface area (TPSA) is 41.6 Å². The van der Waals surface area contributed by atoms with Crippen LogP contribution in [0.2, 0.25) is 5.02 Å². The molecule has 22 heavy (non-hydrogen) atoms. The highest BCUT2D eigenvalue weighted by atomic mass is 35.5. The molecule has 1 aliphatic rings. The summed E-state index contributed by atoms with van der Waals surface area (Å²) >= 11 is 6.10. The molecule has 0 aliphatic carbocycles. The Hall–Kier alpha value is -1.26. The highest BCUT2D eigenvalue weighted by molar-refractivity contribution is 6.32. The second kappa shape index (κ2) is 8.39. The molecule has 5 heteroatoms. The van der Waals surface area contributed by atoms with Crippen LogP contribution in [0.4, 0.5) is 0 Å². The molecule has 1 atom stereocenters. The minimum absolute atomic E-state index is 0.0497. The summed E-state index contributed by atoms with van der Waals surface area (Å²) in [5, 5.41) is 3.87. The molecule has 0 bridgehead atoms. The predicted octanol–water partition coefficient (Wildman–Crippen LogP) is 3.10. The predicted molar refractivity (Wildman–Crippen MR) is 89.4 cm³/mol. The maximum atomic E-state index is 12.8. The molecule has 1 aromatic rings. The van der Waals surface area contributed by atoms with Gasteiger partial charge in [0.15, 0.2) is 6.10 Å². The van der Waals surface area contributed by atoms with Crippen LogP contribution in [-0.2, 0) is 4.79 Å². The van der Waals surface area contributed by atoms with Gasteiger partial charge in [-0.1, -0.05) is 30.7 Å². The molecule has 1 N–H and O–H groups in total. The molecule has 0 aromatic heterocycles. The number of halogens is 1. The summed E-state index contributed by atoms with van der Waals surface area (Å²) < 4.78 is 5.79. The van der Waals surface area contributed by atoms with Crippen molar-refractivity contribution in [2.24, 2.45) is 0 Å². The van der Waals surface area contributed by atoms with Crippen molar-refractivity contribution in [2.75, 3.05) is 19.6 Å². The number of carbonyl (C=O) groups is 1. The van der Waals surface area contributed by atoms with Gasteiger partial charge in [0.1, 0.15) is 5.75 Å². The minimum atomic E-state index is -0.527. The molecular formula is C17H25ClN2O2. The second-order valence-electron chi connectivity index (χ2n) is 5.70. The van der Waals surface area contributed by atoms with E-state index in [0.29, 0.717) is 16.8 Å².